The number of benzene rings is 2. The first-order chi connectivity index (χ1) is 12.1. The minimum Gasteiger partial charge on any atom is -0.368 e. The van der Waals surface area contributed by atoms with Gasteiger partial charge < -0.3 is 14.4 Å². The summed E-state index contributed by atoms with van der Waals surface area (Å²) in [5.41, 5.74) is 2.54. The Morgan fingerprint density at radius 3 is 2.40 bits per heavy atom. The average Bonchev–Trinajstić information content (AvgIpc) is 2.98. The van der Waals surface area contributed by atoms with Crippen molar-refractivity contribution in [1.29, 1.82) is 0 Å². The van der Waals surface area contributed by atoms with E-state index in [2.05, 4.69) is 17.0 Å². The number of nitrogens with zero attached hydrogens (tertiary/aromatic N) is 3. The van der Waals surface area contributed by atoms with E-state index in [1.54, 1.807) is 10.6 Å². The minimum atomic E-state index is -0.288. The maximum absolute atomic E-state index is 13.5. The van der Waals surface area contributed by atoms with Crippen molar-refractivity contribution in [3.05, 3.63) is 66.1 Å². The fourth-order valence-corrected chi connectivity index (χ4v) is 3.48. The Morgan fingerprint density at radius 2 is 1.68 bits per heavy atom. The number of aromatic nitrogens is 1. The van der Waals surface area contributed by atoms with Gasteiger partial charge in [-0.25, -0.2) is 4.39 Å². The molecule has 0 saturated carbocycles. The number of hydrogen-bond acceptors (Lipinski definition) is 2. The van der Waals surface area contributed by atoms with E-state index < -0.39 is 0 Å². The Balaban J connectivity index is 1.52. The molecule has 4 nitrogen and oxygen atoms in total. The third kappa shape index (κ3) is 2.86. The molecule has 128 valence electrons. The highest BCUT2D eigenvalue weighted by atomic mass is 19.1. The average molecular weight is 337 g/mol. The second kappa shape index (κ2) is 6.24. The van der Waals surface area contributed by atoms with Gasteiger partial charge in [-0.3, -0.25) is 4.79 Å². The summed E-state index contributed by atoms with van der Waals surface area (Å²) in [7, 11) is 1.81. The van der Waals surface area contributed by atoms with Gasteiger partial charge >= 0.3 is 0 Å². The molecule has 1 aliphatic rings. The molecule has 0 radical (unpaired) electrons. The van der Waals surface area contributed by atoms with Gasteiger partial charge in [0.15, 0.2) is 0 Å². The van der Waals surface area contributed by atoms with Crippen molar-refractivity contribution in [3.8, 4) is 0 Å². The van der Waals surface area contributed by atoms with Gasteiger partial charge in [-0.2, -0.15) is 0 Å². The summed E-state index contributed by atoms with van der Waals surface area (Å²) < 4.78 is 15.3. The number of para-hydroxylation sites is 1. The van der Waals surface area contributed by atoms with Gasteiger partial charge in [0.05, 0.1) is 5.52 Å². The van der Waals surface area contributed by atoms with Gasteiger partial charge in [-0.15, -0.1) is 0 Å². The Morgan fingerprint density at radius 1 is 0.960 bits per heavy atom. The monoisotopic (exact) mass is 337 g/mol. The van der Waals surface area contributed by atoms with Crippen molar-refractivity contribution in [2.24, 2.45) is 7.05 Å². The lowest BCUT2D eigenvalue weighted by atomic mass is 10.2. The van der Waals surface area contributed by atoms with Crippen molar-refractivity contribution in [2.75, 3.05) is 31.1 Å². The van der Waals surface area contributed by atoms with Gasteiger partial charge in [0, 0.05) is 44.3 Å². The van der Waals surface area contributed by atoms with Crippen molar-refractivity contribution in [2.45, 2.75) is 0 Å². The Hall–Kier alpha value is -2.82. The molecule has 0 bridgehead atoms. The van der Waals surface area contributed by atoms with E-state index in [9.17, 15) is 9.18 Å². The van der Waals surface area contributed by atoms with Gasteiger partial charge in [-0.1, -0.05) is 18.2 Å². The minimum absolute atomic E-state index is 0.00631. The van der Waals surface area contributed by atoms with Gasteiger partial charge in [0.2, 0.25) is 0 Å². The van der Waals surface area contributed by atoms with Gasteiger partial charge in [0.1, 0.15) is 11.5 Å². The zero-order valence-electron chi connectivity index (χ0n) is 14.2. The highest BCUT2D eigenvalue weighted by Gasteiger charge is 2.24. The molecule has 1 aliphatic heterocycles. The van der Waals surface area contributed by atoms with Crippen LogP contribution in [-0.2, 0) is 7.05 Å². The van der Waals surface area contributed by atoms with Crippen LogP contribution >= 0.6 is 0 Å². The van der Waals surface area contributed by atoms with E-state index in [0.29, 0.717) is 18.8 Å². The van der Waals surface area contributed by atoms with Crippen LogP contribution in [0.1, 0.15) is 10.5 Å². The summed E-state index contributed by atoms with van der Waals surface area (Å²) in [6.07, 6.45) is 0. The number of halogens is 1. The fraction of sp³-hybridized carbons (Fsp3) is 0.250. The second-order valence-corrected chi connectivity index (χ2v) is 6.41. The van der Waals surface area contributed by atoms with Gasteiger partial charge in [-0.05, 0) is 36.4 Å². The smallest absolute Gasteiger partial charge is 0.270 e. The lowest BCUT2D eigenvalue weighted by Crippen LogP contribution is -2.49. The molecular weight excluding hydrogens is 317 g/mol. The summed E-state index contributed by atoms with van der Waals surface area (Å²) >= 11 is 0. The molecule has 1 aromatic heterocycles. The Labute approximate surface area is 146 Å². The number of piperazine rings is 1. The van der Waals surface area contributed by atoms with Crippen molar-refractivity contribution < 1.29 is 9.18 Å². The first kappa shape index (κ1) is 15.7. The summed E-state index contributed by atoms with van der Waals surface area (Å²) in [6, 6.07) is 16.7. The first-order valence-corrected chi connectivity index (χ1v) is 8.48. The molecule has 3 aromatic rings. The molecule has 4 rings (SSSR count). The van der Waals surface area contributed by atoms with E-state index in [4.69, 9.17) is 0 Å². The number of carbonyl (C=O) groups excluding carboxylic acids is 1. The molecule has 5 heteroatoms. The normalized spacial score (nSPS) is 15.0. The summed E-state index contributed by atoms with van der Waals surface area (Å²) in [6.45, 7) is 3.00. The lowest BCUT2D eigenvalue weighted by Gasteiger charge is -2.36. The highest BCUT2D eigenvalue weighted by molar-refractivity contribution is 5.98. The van der Waals surface area contributed by atoms with Crippen LogP contribution in [0, 0.1) is 5.82 Å². The van der Waals surface area contributed by atoms with Crippen LogP contribution in [0.15, 0.2) is 54.6 Å². The molecule has 1 fully saturated rings. The predicted octanol–water partition coefficient (Wildman–Crippen LogP) is 3.28. The van der Waals surface area contributed by atoms with Crippen LogP contribution in [0.3, 0.4) is 0 Å². The largest absolute Gasteiger partial charge is 0.368 e. The van der Waals surface area contributed by atoms with Crippen LogP contribution in [-0.4, -0.2) is 41.6 Å². The Bertz CT molecular complexity index is 911. The van der Waals surface area contributed by atoms with E-state index >= 15 is 0 Å². The molecule has 2 aromatic carbocycles. The molecule has 2 heterocycles. The third-order valence-corrected chi connectivity index (χ3v) is 4.91. The molecule has 0 aliphatic carbocycles. The molecule has 0 spiro atoms. The highest BCUT2D eigenvalue weighted by Crippen LogP contribution is 2.22. The van der Waals surface area contributed by atoms with Crippen LogP contribution < -0.4 is 4.90 Å². The number of amides is 1. The lowest BCUT2D eigenvalue weighted by molar-refractivity contribution is 0.0737. The van der Waals surface area contributed by atoms with E-state index in [0.717, 1.165) is 24.0 Å². The number of carbonyl (C=O) groups is 1. The van der Waals surface area contributed by atoms with Crippen LogP contribution in [0.25, 0.3) is 10.9 Å². The van der Waals surface area contributed by atoms with Crippen molar-refractivity contribution >= 4 is 22.5 Å². The second-order valence-electron chi connectivity index (χ2n) is 6.41. The summed E-state index contributed by atoms with van der Waals surface area (Å²) in [5, 5.41) is 0.884. The molecule has 0 unspecified atom stereocenters. The quantitative estimate of drug-likeness (QED) is 0.718. The maximum Gasteiger partial charge on any atom is 0.270 e. The number of hydrogen-bond donors (Lipinski definition) is 0. The maximum atomic E-state index is 13.5. The fourth-order valence-electron chi connectivity index (χ4n) is 3.48. The van der Waals surface area contributed by atoms with Crippen molar-refractivity contribution in [3.63, 3.8) is 0 Å². The van der Waals surface area contributed by atoms with E-state index in [1.165, 1.54) is 17.8 Å². The van der Waals surface area contributed by atoms with Gasteiger partial charge in [0.25, 0.3) is 5.91 Å². The molecule has 0 N–H and O–H groups in total. The zero-order chi connectivity index (χ0) is 17.4. The molecular formula is C20H20FN3O. The first-order valence-electron chi connectivity index (χ1n) is 8.48. The number of anilines is 1. The molecule has 1 amide bonds. The van der Waals surface area contributed by atoms with Crippen LogP contribution in [0.4, 0.5) is 10.1 Å². The third-order valence-electron chi connectivity index (χ3n) is 4.91. The van der Waals surface area contributed by atoms with E-state index in [1.807, 2.05) is 36.2 Å². The van der Waals surface area contributed by atoms with Crippen LogP contribution in [0.2, 0.25) is 0 Å². The standard InChI is InChI=1S/C20H20FN3O/c1-22-18-14-16(21)8-7-15(18)13-19(22)20(25)24-11-9-23(10-12-24)17-5-3-2-4-6-17/h2-8,13-14H,9-12H2,1H3. The van der Waals surface area contributed by atoms with E-state index in [-0.39, 0.29) is 11.7 Å². The Kier molecular flexibility index (Phi) is 3.92. The molecule has 0 atom stereocenters. The number of rotatable bonds is 2. The molecule has 25 heavy (non-hydrogen) atoms. The SMILES string of the molecule is Cn1c(C(=O)N2CCN(c3ccccc3)CC2)cc2ccc(F)cc21. The topological polar surface area (TPSA) is 28.5 Å². The predicted molar refractivity (Wildman–Crippen MR) is 97.4 cm³/mol. The van der Waals surface area contributed by atoms with Crippen molar-refractivity contribution in [1.82, 2.24) is 9.47 Å². The summed E-state index contributed by atoms with van der Waals surface area (Å²) in [5.74, 6) is -0.281. The molecule has 1 saturated heterocycles. The number of fused-ring (bicyclic) bond motifs is 1. The zero-order valence-corrected chi connectivity index (χ0v) is 14.2. The summed E-state index contributed by atoms with van der Waals surface area (Å²) in [4.78, 5) is 17.1. The number of aryl methyl sites for hydroxylation is 1. The van der Waals surface area contributed by atoms with Crippen LogP contribution in [0.5, 0.6) is 0 Å².